The van der Waals surface area contributed by atoms with Crippen LogP contribution in [0.2, 0.25) is 10.0 Å². The molecule has 0 atom stereocenters. The maximum absolute atomic E-state index is 6.19. The summed E-state index contributed by atoms with van der Waals surface area (Å²) in [5.74, 6) is 2.57. The second-order valence-corrected chi connectivity index (χ2v) is 10.2. The Kier molecular flexibility index (Phi) is 9.29. The molecule has 2 nitrogen and oxygen atoms in total. The minimum Gasteiger partial charge on any atom is -0.492 e. The van der Waals surface area contributed by atoms with Crippen molar-refractivity contribution < 1.29 is 9.47 Å². The SMILES string of the molecule is CC(C)c1cc(Cl)cc(I)c1OCCCOc1c(I)cc(Cl)cc1C(C)C. The van der Waals surface area contributed by atoms with Crippen molar-refractivity contribution in [2.24, 2.45) is 0 Å². The minimum absolute atomic E-state index is 0.354. The van der Waals surface area contributed by atoms with Crippen LogP contribution in [0.5, 0.6) is 11.5 Å². The van der Waals surface area contributed by atoms with Crippen LogP contribution in [-0.2, 0) is 0 Å². The molecule has 0 saturated heterocycles. The lowest BCUT2D eigenvalue weighted by Crippen LogP contribution is -2.09. The topological polar surface area (TPSA) is 18.5 Å². The highest BCUT2D eigenvalue weighted by molar-refractivity contribution is 14.1. The molecule has 0 spiro atoms. The fraction of sp³-hybridized carbons (Fsp3) is 0.429. The van der Waals surface area contributed by atoms with Gasteiger partial charge in [0.15, 0.2) is 0 Å². The fourth-order valence-electron chi connectivity index (χ4n) is 2.73. The Morgan fingerprint density at radius 3 is 1.44 bits per heavy atom. The highest BCUT2D eigenvalue weighted by atomic mass is 127. The molecule has 0 saturated carbocycles. The first kappa shape index (κ1) is 23.4. The molecular formula is C21H24Cl2I2O2. The second-order valence-electron chi connectivity index (χ2n) is 6.97. The smallest absolute Gasteiger partial charge is 0.136 e. The normalized spacial score (nSPS) is 11.3. The molecule has 0 amide bonds. The van der Waals surface area contributed by atoms with Crippen molar-refractivity contribution in [2.75, 3.05) is 13.2 Å². The first-order chi connectivity index (χ1) is 12.7. The van der Waals surface area contributed by atoms with Gasteiger partial charge >= 0.3 is 0 Å². The molecule has 0 aliphatic carbocycles. The van der Waals surface area contributed by atoms with E-state index in [1.54, 1.807) is 0 Å². The third kappa shape index (κ3) is 6.54. The summed E-state index contributed by atoms with van der Waals surface area (Å²) in [6, 6.07) is 7.85. The number of rotatable bonds is 8. The van der Waals surface area contributed by atoms with Crippen LogP contribution in [0.3, 0.4) is 0 Å². The largest absolute Gasteiger partial charge is 0.492 e. The molecule has 0 unspecified atom stereocenters. The van der Waals surface area contributed by atoms with Crippen molar-refractivity contribution in [3.05, 3.63) is 52.6 Å². The van der Waals surface area contributed by atoms with Gasteiger partial charge in [-0.15, -0.1) is 0 Å². The van der Waals surface area contributed by atoms with Crippen LogP contribution in [0.25, 0.3) is 0 Å². The summed E-state index contributed by atoms with van der Waals surface area (Å²) in [5, 5.41) is 1.50. The summed E-state index contributed by atoms with van der Waals surface area (Å²) in [7, 11) is 0. The van der Waals surface area contributed by atoms with Gasteiger partial charge in [-0.05, 0) is 92.4 Å². The fourth-order valence-corrected chi connectivity index (χ4v) is 5.16. The maximum Gasteiger partial charge on any atom is 0.136 e. The molecule has 2 aromatic carbocycles. The summed E-state index contributed by atoms with van der Waals surface area (Å²) in [4.78, 5) is 0. The standard InChI is InChI=1S/C21H24Cl2I2O2/c1-12(2)16-8-14(22)10-18(24)20(16)26-6-5-7-27-21-17(13(3)4)9-15(23)11-19(21)25/h8-13H,5-7H2,1-4H3. The number of hydrogen-bond donors (Lipinski definition) is 0. The van der Waals surface area contributed by atoms with E-state index in [1.165, 1.54) is 0 Å². The predicted octanol–water partition coefficient (Wildman–Crippen LogP) is 8.30. The highest BCUT2D eigenvalue weighted by Gasteiger charge is 2.15. The van der Waals surface area contributed by atoms with Crippen molar-refractivity contribution >= 4 is 68.4 Å². The second kappa shape index (κ2) is 10.7. The van der Waals surface area contributed by atoms with E-state index in [-0.39, 0.29) is 0 Å². The molecule has 0 bridgehead atoms. The lowest BCUT2D eigenvalue weighted by atomic mass is 10.0. The van der Waals surface area contributed by atoms with Crippen LogP contribution in [0.15, 0.2) is 24.3 Å². The van der Waals surface area contributed by atoms with Gasteiger partial charge in [-0.2, -0.15) is 0 Å². The zero-order chi connectivity index (χ0) is 20.1. The molecule has 0 N–H and O–H groups in total. The lowest BCUT2D eigenvalue weighted by Gasteiger charge is -2.18. The first-order valence-corrected chi connectivity index (χ1v) is 11.9. The molecular weight excluding hydrogens is 609 g/mol. The first-order valence-electron chi connectivity index (χ1n) is 8.94. The summed E-state index contributed by atoms with van der Waals surface area (Å²) in [5.41, 5.74) is 2.28. The third-order valence-electron chi connectivity index (χ3n) is 4.10. The number of benzene rings is 2. The minimum atomic E-state index is 0.354. The maximum atomic E-state index is 6.19. The van der Waals surface area contributed by atoms with Crippen LogP contribution in [0.4, 0.5) is 0 Å². The summed E-state index contributed by atoms with van der Waals surface area (Å²) in [6.45, 7) is 9.78. The summed E-state index contributed by atoms with van der Waals surface area (Å²) >= 11 is 16.9. The van der Waals surface area contributed by atoms with Gasteiger partial charge < -0.3 is 9.47 Å². The van der Waals surface area contributed by atoms with Gasteiger partial charge in [-0.1, -0.05) is 50.9 Å². The van der Waals surface area contributed by atoms with E-state index >= 15 is 0 Å². The molecule has 0 heterocycles. The Balaban J connectivity index is 1.98. The van der Waals surface area contributed by atoms with Crippen molar-refractivity contribution in [3.63, 3.8) is 0 Å². The molecule has 0 fully saturated rings. The molecule has 6 heteroatoms. The van der Waals surface area contributed by atoms with Crippen molar-refractivity contribution in [1.82, 2.24) is 0 Å². The van der Waals surface area contributed by atoms with Gasteiger partial charge in [0.25, 0.3) is 0 Å². The molecule has 0 aliphatic heterocycles. The monoisotopic (exact) mass is 632 g/mol. The zero-order valence-electron chi connectivity index (χ0n) is 15.9. The van der Waals surface area contributed by atoms with E-state index in [0.717, 1.165) is 46.2 Å². The molecule has 0 aliphatic rings. The van der Waals surface area contributed by atoms with Gasteiger partial charge in [0.05, 0.1) is 20.4 Å². The van der Waals surface area contributed by atoms with Crippen molar-refractivity contribution in [3.8, 4) is 11.5 Å². The average molecular weight is 633 g/mol. The Morgan fingerprint density at radius 1 is 0.741 bits per heavy atom. The molecule has 2 aromatic rings. The van der Waals surface area contributed by atoms with E-state index in [2.05, 4.69) is 72.9 Å². The van der Waals surface area contributed by atoms with Gasteiger partial charge in [0.1, 0.15) is 11.5 Å². The average Bonchev–Trinajstić information content (AvgIpc) is 2.56. The van der Waals surface area contributed by atoms with E-state index in [4.69, 9.17) is 32.7 Å². The number of ether oxygens (including phenoxy) is 2. The zero-order valence-corrected chi connectivity index (χ0v) is 21.7. The highest BCUT2D eigenvalue weighted by Crippen LogP contribution is 2.35. The molecule has 2 rings (SSSR count). The van der Waals surface area contributed by atoms with E-state index < -0.39 is 0 Å². The van der Waals surface area contributed by atoms with Crippen LogP contribution in [-0.4, -0.2) is 13.2 Å². The van der Waals surface area contributed by atoms with Gasteiger partial charge in [0.2, 0.25) is 0 Å². The van der Waals surface area contributed by atoms with Crippen LogP contribution >= 0.6 is 68.4 Å². The van der Waals surface area contributed by atoms with E-state index in [1.807, 2.05) is 24.3 Å². The van der Waals surface area contributed by atoms with E-state index in [9.17, 15) is 0 Å². The summed E-state index contributed by atoms with van der Waals surface area (Å²) < 4.78 is 14.2. The molecule has 27 heavy (non-hydrogen) atoms. The van der Waals surface area contributed by atoms with Crippen LogP contribution < -0.4 is 9.47 Å². The Morgan fingerprint density at radius 2 is 1.11 bits per heavy atom. The van der Waals surface area contributed by atoms with Crippen LogP contribution in [0, 0.1) is 7.14 Å². The summed E-state index contributed by atoms with van der Waals surface area (Å²) in [6.07, 6.45) is 0.798. The molecule has 0 aromatic heterocycles. The van der Waals surface area contributed by atoms with Crippen molar-refractivity contribution in [1.29, 1.82) is 0 Å². The third-order valence-corrected chi connectivity index (χ3v) is 6.14. The van der Waals surface area contributed by atoms with Gasteiger partial charge in [-0.3, -0.25) is 0 Å². The van der Waals surface area contributed by atoms with Crippen molar-refractivity contribution in [2.45, 2.75) is 46.0 Å². The lowest BCUT2D eigenvalue weighted by molar-refractivity contribution is 0.242. The Bertz CT molecular complexity index is 727. The Labute approximate surface area is 199 Å². The van der Waals surface area contributed by atoms with E-state index in [0.29, 0.717) is 25.0 Å². The quantitative estimate of drug-likeness (QED) is 0.215. The number of halogens is 4. The molecule has 0 radical (unpaired) electrons. The predicted molar refractivity (Wildman–Crippen MR) is 132 cm³/mol. The van der Waals surface area contributed by atoms with Crippen LogP contribution in [0.1, 0.15) is 57.1 Å². The Hall–Kier alpha value is 0.0800. The van der Waals surface area contributed by atoms with Gasteiger partial charge in [0, 0.05) is 16.5 Å². The van der Waals surface area contributed by atoms with Gasteiger partial charge in [-0.25, -0.2) is 0 Å². The number of hydrogen-bond acceptors (Lipinski definition) is 2. The molecule has 148 valence electrons.